The minimum atomic E-state index is -1.63. The first kappa shape index (κ1) is 17.0. The van der Waals surface area contributed by atoms with E-state index in [4.69, 9.17) is 9.84 Å². The van der Waals surface area contributed by atoms with Crippen LogP contribution in [0.2, 0.25) is 0 Å². The van der Waals surface area contributed by atoms with E-state index in [2.05, 4.69) is 9.71 Å². The number of ether oxygens (including phenoxy) is 1. The number of anilines is 1. The zero-order chi connectivity index (χ0) is 17.0. The number of rotatable bonds is 6. The Morgan fingerprint density at radius 3 is 2.70 bits per heavy atom. The number of carbonyl (C=O) groups is 1. The van der Waals surface area contributed by atoms with Crippen molar-refractivity contribution in [3.05, 3.63) is 47.7 Å². The number of methoxy groups -OCH3 is 1. The molecule has 0 radical (unpaired) electrons. The standard InChI is InChI=1S/C16H18N2O4S/c1-10(2)12-8-14(15(22-3)17-9-12)18-23(21)13-6-4-5-11(7-13)16(19)20/h4-10,18H,1-3H3,(H,19,20). The molecule has 0 aliphatic heterocycles. The van der Waals surface area contributed by atoms with E-state index >= 15 is 0 Å². The van der Waals surface area contributed by atoms with Crippen molar-refractivity contribution in [2.75, 3.05) is 11.8 Å². The summed E-state index contributed by atoms with van der Waals surface area (Å²) in [4.78, 5) is 15.6. The SMILES string of the molecule is COc1ncc(C(C)C)cc1NS(=O)c1cccc(C(=O)O)c1. The van der Waals surface area contributed by atoms with Gasteiger partial charge in [0.25, 0.3) is 0 Å². The van der Waals surface area contributed by atoms with Crippen LogP contribution < -0.4 is 9.46 Å². The molecule has 1 aromatic carbocycles. The number of nitrogens with one attached hydrogen (secondary N) is 1. The Morgan fingerprint density at radius 1 is 1.35 bits per heavy atom. The lowest BCUT2D eigenvalue weighted by atomic mass is 10.1. The van der Waals surface area contributed by atoms with Gasteiger partial charge in [-0.15, -0.1) is 0 Å². The Bertz CT molecular complexity index is 747. The zero-order valence-electron chi connectivity index (χ0n) is 13.1. The fourth-order valence-corrected chi connectivity index (χ4v) is 2.82. The summed E-state index contributed by atoms with van der Waals surface area (Å²) in [6.07, 6.45) is 1.71. The van der Waals surface area contributed by atoms with Crippen molar-refractivity contribution in [1.29, 1.82) is 0 Å². The lowest BCUT2D eigenvalue weighted by Crippen LogP contribution is -2.08. The van der Waals surface area contributed by atoms with Crippen LogP contribution in [0.3, 0.4) is 0 Å². The molecule has 0 bridgehead atoms. The van der Waals surface area contributed by atoms with E-state index in [1.807, 2.05) is 19.9 Å². The minimum absolute atomic E-state index is 0.0821. The maximum absolute atomic E-state index is 12.5. The van der Waals surface area contributed by atoms with Crippen molar-refractivity contribution in [2.45, 2.75) is 24.7 Å². The van der Waals surface area contributed by atoms with Crippen molar-refractivity contribution < 1.29 is 18.8 Å². The maximum atomic E-state index is 12.5. The predicted octanol–water partition coefficient (Wildman–Crippen LogP) is 3.05. The van der Waals surface area contributed by atoms with Crippen molar-refractivity contribution in [2.24, 2.45) is 0 Å². The molecule has 0 aliphatic carbocycles. The number of nitrogens with zero attached hydrogens (tertiary/aromatic N) is 1. The molecule has 2 rings (SSSR count). The predicted molar refractivity (Wildman–Crippen MR) is 88.3 cm³/mol. The summed E-state index contributed by atoms with van der Waals surface area (Å²) in [7, 11) is -0.145. The van der Waals surface area contributed by atoms with Gasteiger partial charge in [0.1, 0.15) is 16.7 Å². The van der Waals surface area contributed by atoms with Crippen molar-refractivity contribution in [3.8, 4) is 5.88 Å². The van der Waals surface area contributed by atoms with E-state index in [1.54, 1.807) is 18.3 Å². The number of carboxylic acids is 1. The fraction of sp³-hybridized carbons (Fsp3) is 0.250. The molecule has 0 saturated heterocycles. The van der Waals surface area contributed by atoms with E-state index in [1.165, 1.54) is 19.2 Å². The second-order valence-corrected chi connectivity index (χ2v) is 6.40. The molecule has 0 amide bonds. The summed E-state index contributed by atoms with van der Waals surface area (Å²) >= 11 is 0. The van der Waals surface area contributed by atoms with Gasteiger partial charge in [-0.3, -0.25) is 4.72 Å². The third-order valence-electron chi connectivity index (χ3n) is 3.23. The number of pyridine rings is 1. The van der Waals surface area contributed by atoms with Crippen LogP contribution in [0.15, 0.2) is 41.4 Å². The molecule has 1 aromatic heterocycles. The smallest absolute Gasteiger partial charge is 0.335 e. The molecule has 0 aliphatic rings. The number of carboxylic acid groups (broad SMARTS) is 1. The van der Waals surface area contributed by atoms with E-state index in [0.29, 0.717) is 16.5 Å². The van der Waals surface area contributed by atoms with Crippen molar-refractivity contribution in [3.63, 3.8) is 0 Å². The molecular weight excluding hydrogens is 316 g/mol. The molecule has 7 heteroatoms. The van der Waals surface area contributed by atoms with Gasteiger partial charge in [-0.05, 0) is 35.7 Å². The molecule has 1 atom stereocenters. The number of hydrogen-bond acceptors (Lipinski definition) is 4. The highest BCUT2D eigenvalue weighted by atomic mass is 32.2. The van der Waals surface area contributed by atoms with Gasteiger partial charge in [0.15, 0.2) is 0 Å². The second kappa shape index (κ2) is 7.23. The molecule has 1 heterocycles. The normalized spacial score (nSPS) is 12.0. The van der Waals surface area contributed by atoms with Crippen LogP contribution in [0.4, 0.5) is 5.69 Å². The third-order valence-corrected chi connectivity index (χ3v) is 4.32. The quantitative estimate of drug-likeness (QED) is 0.847. The topological polar surface area (TPSA) is 88.5 Å². The van der Waals surface area contributed by atoms with E-state index in [9.17, 15) is 9.00 Å². The lowest BCUT2D eigenvalue weighted by molar-refractivity contribution is 0.0696. The van der Waals surface area contributed by atoms with Crippen molar-refractivity contribution >= 4 is 22.6 Å². The Balaban J connectivity index is 2.31. The highest BCUT2D eigenvalue weighted by Crippen LogP contribution is 2.27. The molecule has 0 saturated carbocycles. The summed E-state index contributed by atoms with van der Waals surface area (Å²) in [5.41, 5.74) is 1.56. The molecule has 122 valence electrons. The van der Waals surface area contributed by atoms with Crippen LogP contribution in [0, 0.1) is 0 Å². The van der Waals surface area contributed by atoms with Gasteiger partial charge in [-0.25, -0.2) is 14.0 Å². The molecule has 1 unspecified atom stereocenters. The van der Waals surface area contributed by atoms with Crippen LogP contribution in [-0.2, 0) is 11.0 Å². The molecule has 6 nitrogen and oxygen atoms in total. The summed E-state index contributed by atoms with van der Waals surface area (Å²) in [5, 5.41) is 9.01. The van der Waals surface area contributed by atoms with Gasteiger partial charge in [-0.2, -0.15) is 0 Å². The largest absolute Gasteiger partial charge is 0.480 e. The minimum Gasteiger partial charge on any atom is -0.480 e. The van der Waals surface area contributed by atoms with Crippen LogP contribution in [0.25, 0.3) is 0 Å². The number of aromatic carboxylic acids is 1. The zero-order valence-corrected chi connectivity index (χ0v) is 13.9. The average Bonchev–Trinajstić information content (AvgIpc) is 2.54. The average molecular weight is 334 g/mol. The van der Waals surface area contributed by atoms with E-state index in [-0.39, 0.29) is 11.5 Å². The number of hydrogen-bond donors (Lipinski definition) is 2. The summed E-state index contributed by atoms with van der Waals surface area (Å²) in [6, 6.07) is 7.80. The van der Waals surface area contributed by atoms with Crippen LogP contribution in [0.1, 0.15) is 35.7 Å². The Labute approximate surface area is 137 Å². The highest BCUT2D eigenvalue weighted by Gasteiger charge is 2.13. The fourth-order valence-electron chi connectivity index (χ4n) is 1.92. The molecule has 2 aromatic rings. The summed E-state index contributed by atoms with van der Waals surface area (Å²) < 4.78 is 20.5. The molecule has 2 N–H and O–H groups in total. The van der Waals surface area contributed by atoms with Crippen LogP contribution in [-0.4, -0.2) is 27.4 Å². The molecular formula is C16H18N2O4S. The van der Waals surface area contributed by atoms with Gasteiger partial charge < -0.3 is 9.84 Å². The van der Waals surface area contributed by atoms with Crippen LogP contribution in [0.5, 0.6) is 5.88 Å². The van der Waals surface area contributed by atoms with Gasteiger partial charge in [0, 0.05) is 6.20 Å². The monoisotopic (exact) mass is 334 g/mol. The molecule has 23 heavy (non-hydrogen) atoms. The Kier molecular flexibility index (Phi) is 5.33. The maximum Gasteiger partial charge on any atom is 0.335 e. The summed E-state index contributed by atoms with van der Waals surface area (Å²) in [6.45, 7) is 4.06. The van der Waals surface area contributed by atoms with E-state index in [0.717, 1.165) is 5.56 Å². The molecule has 0 spiro atoms. The first-order valence-corrected chi connectivity index (χ1v) is 8.13. The lowest BCUT2D eigenvalue weighted by Gasteiger charge is -2.13. The summed E-state index contributed by atoms with van der Waals surface area (Å²) in [5.74, 6) is -0.472. The first-order valence-electron chi connectivity index (χ1n) is 6.98. The van der Waals surface area contributed by atoms with E-state index < -0.39 is 17.0 Å². The second-order valence-electron chi connectivity index (χ2n) is 5.18. The third kappa shape index (κ3) is 4.07. The van der Waals surface area contributed by atoms with Gasteiger partial charge >= 0.3 is 5.97 Å². The Hall–Kier alpha value is -2.41. The Morgan fingerprint density at radius 2 is 2.09 bits per heavy atom. The van der Waals surface area contributed by atoms with Crippen molar-refractivity contribution in [1.82, 2.24) is 4.98 Å². The highest BCUT2D eigenvalue weighted by molar-refractivity contribution is 7.86. The van der Waals surface area contributed by atoms with Crippen LogP contribution >= 0.6 is 0 Å². The molecule has 0 fully saturated rings. The van der Waals surface area contributed by atoms with Gasteiger partial charge in [-0.1, -0.05) is 19.9 Å². The van der Waals surface area contributed by atoms with Gasteiger partial charge in [0.05, 0.1) is 17.6 Å². The first-order chi connectivity index (χ1) is 10.9. The number of benzene rings is 1. The number of aromatic nitrogens is 1. The van der Waals surface area contributed by atoms with Gasteiger partial charge in [0.2, 0.25) is 5.88 Å².